The summed E-state index contributed by atoms with van der Waals surface area (Å²) in [6, 6.07) is 0. The van der Waals surface area contributed by atoms with Crippen LogP contribution in [0.2, 0.25) is 0 Å². The molecule has 0 heterocycles. The fourth-order valence-electron chi connectivity index (χ4n) is 0.508. The van der Waals surface area contributed by atoms with Crippen LogP contribution in [0.4, 0.5) is 0 Å². The van der Waals surface area contributed by atoms with Crippen molar-refractivity contribution in [1.29, 1.82) is 0 Å². The summed E-state index contributed by atoms with van der Waals surface area (Å²) in [6.45, 7) is 3.37. The van der Waals surface area contributed by atoms with E-state index in [-0.39, 0.29) is 5.78 Å². The van der Waals surface area contributed by atoms with Crippen LogP contribution in [0.3, 0.4) is 0 Å². The Morgan fingerprint density at radius 3 is 2.50 bits per heavy atom. The molecule has 0 aliphatic carbocycles. The molecule has 0 saturated heterocycles. The first kappa shape index (κ1) is 9.19. The highest BCUT2D eigenvalue weighted by Gasteiger charge is 2.20. The van der Waals surface area contributed by atoms with Crippen molar-refractivity contribution in [2.45, 2.75) is 32.2 Å². The van der Waals surface area contributed by atoms with Crippen LogP contribution in [0.5, 0.6) is 0 Å². The molecular weight excluding hydrogens is 126 g/mol. The first-order valence-electron chi connectivity index (χ1n) is 3.24. The Morgan fingerprint density at radius 1 is 1.70 bits per heavy atom. The number of hydrogen-bond donors (Lipinski definition) is 1. The molecule has 0 radical (unpaired) electrons. The fourth-order valence-corrected chi connectivity index (χ4v) is 0.508. The van der Waals surface area contributed by atoms with Gasteiger partial charge in [-0.1, -0.05) is 0 Å². The van der Waals surface area contributed by atoms with Gasteiger partial charge in [-0.05, 0) is 13.8 Å². The highest BCUT2D eigenvalue weighted by molar-refractivity contribution is 5.87. The summed E-state index contributed by atoms with van der Waals surface area (Å²) in [5.41, 5.74) is 4.78. The molecule has 0 unspecified atom stereocenters. The van der Waals surface area contributed by atoms with Crippen LogP contribution in [0.15, 0.2) is 0 Å². The lowest BCUT2D eigenvalue weighted by Gasteiger charge is -2.15. The minimum atomic E-state index is -0.725. The standard InChI is InChI=1S/C8H13NO/c1-4-5-6-7(10)8(2,3)9/h1H,5-6,9H2,2-3H3. The molecule has 0 aliphatic heterocycles. The smallest absolute Gasteiger partial charge is 0.153 e. The van der Waals surface area contributed by atoms with E-state index in [4.69, 9.17) is 12.2 Å². The third-order valence-electron chi connectivity index (χ3n) is 1.22. The van der Waals surface area contributed by atoms with E-state index >= 15 is 0 Å². The number of hydrogen-bond acceptors (Lipinski definition) is 2. The molecule has 2 nitrogen and oxygen atoms in total. The maximum atomic E-state index is 11.0. The molecule has 0 aromatic carbocycles. The summed E-state index contributed by atoms with van der Waals surface area (Å²) in [6.07, 6.45) is 5.85. The van der Waals surface area contributed by atoms with Crippen molar-refractivity contribution in [3.63, 3.8) is 0 Å². The maximum Gasteiger partial charge on any atom is 0.153 e. The van der Waals surface area contributed by atoms with Crippen molar-refractivity contribution in [3.8, 4) is 12.3 Å². The van der Waals surface area contributed by atoms with E-state index in [2.05, 4.69) is 5.92 Å². The van der Waals surface area contributed by atoms with Gasteiger partial charge in [0, 0.05) is 12.8 Å². The second-order valence-corrected chi connectivity index (χ2v) is 2.85. The van der Waals surface area contributed by atoms with Gasteiger partial charge in [0.25, 0.3) is 0 Å². The molecule has 0 amide bonds. The fraction of sp³-hybridized carbons (Fsp3) is 0.625. The molecule has 0 atom stereocenters. The van der Waals surface area contributed by atoms with Gasteiger partial charge >= 0.3 is 0 Å². The lowest BCUT2D eigenvalue weighted by molar-refractivity contribution is -0.122. The molecule has 0 spiro atoms. The van der Waals surface area contributed by atoms with Gasteiger partial charge in [-0.3, -0.25) is 4.79 Å². The van der Waals surface area contributed by atoms with Crippen molar-refractivity contribution in [2.75, 3.05) is 0 Å². The highest BCUT2D eigenvalue weighted by Crippen LogP contribution is 2.03. The molecule has 0 aromatic rings. The minimum absolute atomic E-state index is 0.0189. The molecule has 0 saturated carbocycles. The van der Waals surface area contributed by atoms with E-state index in [1.165, 1.54) is 0 Å². The zero-order valence-electron chi connectivity index (χ0n) is 6.48. The van der Waals surface area contributed by atoms with Crippen LogP contribution in [-0.4, -0.2) is 11.3 Å². The number of Topliss-reactive ketones (excluding diaryl/α,β-unsaturated/α-hetero) is 1. The van der Waals surface area contributed by atoms with Crippen LogP contribution in [0.25, 0.3) is 0 Å². The van der Waals surface area contributed by atoms with Gasteiger partial charge in [-0.25, -0.2) is 0 Å². The third-order valence-corrected chi connectivity index (χ3v) is 1.22. The second kappa shape index (κ2) is 3.38. The monoisotopic (exact) mass is 139 g/mol. The maximum absolute atomic E-state index is 11.0. The Morgan fingerprint density at radius 2 is 2.20 bits per heavy atom. The molecule has 56 valence electrons. The van der Waals surface area contributed by atoms with Gasteiger partial charge in [-0.15, -0.1) is 12.3 Å². The van der Waals surface area contributed by atoms with Crippen LogP contribution < -0.4 is 5.73 Å². The van der Waals surface area contributed by atoms with Crippen molar-refractivity contribution in [2.24, 2.45) is 5.73 Å². The van der Waals surface area contributed by atoms with Crippen LogP contribution >= 0.6 is 0 Å². The summed E-state index contributed by atoms with van der Waals surface area (Å²) in [7, 11) is 0. The van der Waals surface area contributed by atoms with Crippen LogP contribution in [0, 0.1) is 12.3 Å². The van der Waals surface area contributed by atoms with Crippen molar-refractivity contribution in [1.82, 2.24) is 0 Å². The van der Waals surface area contributed by atoms with Crippen LogP contribution in [0.1, 0.15) is 26.7 Å². The summed E-state index contributed by atoms with van der Waals surface area (Å²) in [5.74, 6) is 2.41. The average Bonchev–Trinajstić information content (AvgIpc) is 1.80. The molecule has 2 N–H and O–H groups in total. The Bertz CT molecular complexity index is 159. The zero-order chi connectivity index (χ0) is 8.20. The Labute approximate surface area is 61.8 Å². The summed E-state index contributed by atoms with van der Waals surface area (Å²) in [5, 5.41) is 0. The molecule has 10 heavy (non-hydrogen) atoms. The summed E-state index contributed by atoms with van der Waals surface area (Å²) < 4.78 is 0. The molecule has 0 bridgehead atoms. The number of rotatable bonds is 3. The molecule has 2 heteroatoms. The van der Waals surface area contributed by atoms with Gasteiger partial charge in [-0.2, -0.15) is 0 Å². The SMILES string of the molecule is C#CCCC(=O)C(C)(C)N. The van der Waals surface area contributed by atoms with E-state index in [1.807, 2.05) is 0 Å². The van der Waals surface area contributed by atoms with E-state index in [1.54, 1.807) is 13.8 Å². The van der Waals surface area contributed by atoms with E-state index in [9.17, 15) is 4.79 Å². The van der Waals surface area contributed by atoms with E-state index < -0.39 is 5.54 Å². The number of nitrogens with two attached hydrogens (primary N) is 1. The quantitative estimate of drug-likeness (QED) is 0.585. The van der Waals surface area contributed by atoms with E-state index in [0.717, 1.165) is 0 Å². The van der Waals surface area contributed by atoms with Crippen LogP contribution in [-0.2, 0) is 4.79 Å². The molecule has 0 aromatic heterocycles. The van der Waals surface area contributed by atoms with Gasteiger partial charge in [0.15, 0.2) is 5.78 Å². The predicted octanol–water partition coefficient (Wildman–Crippen LogP) is 0.706. The zero-order valence-corrected chi connectivity index (χ0v) is 6.48. The first-order valence-corrected chi connectivity index (χ1v) is 3.24. The lowest BCUT2D eigenvalue weighted by atomic mass is 9.97. The highest BCUT2D eigenvalue weighted by atomic mass is 16.1. The van der Waals surface area contributed by atoms with Gasteiger partial charge in [0.2, 0.25) is 0 Å². The topological polar surface area (TPSA) is 43.1 Å². The largest absolute Gasteiger partial charge is 0.319 e. The molecule has 0 fully saturated rings. The van der Waals surface area contributed by atoms with Gasteiger partial charge in [0.05, 0.1) is 5.54 Å². The van der Waals surface area contributed by atoms with E-state index in [0.29, 0.717) is 12.8 Å². The molecule has 0 rings (SSSR count). The Balaban J connectivity index is 3.78. The Hall–Kier alpha value is -0.810. The summed E-state index contributed by atoms with van der Waals surface area (Å²) >= 11 is 0. The number of terminal acetylenes is 1. The van der Waals surface area contributed by atoms with Gasteiger partial charge < -0.3 is 5.73 Å². The average molecular weight is 139 g/mol. The number of carbonyl (C=O) groups excluding carboxylic acids is 1. The number of carbonyl (C=O) groups is 1. The van der Waals surface area contributed by atoms with Crippen molar-refractivity contribution in [3.05, 3.63) is 0 Å². The van der Waals surface area contributed by atoms with Gasteiger partial charge in [0.1, 0.15) is 0 Å². The van der Waals surface area contributed by atoms with Crippen molar-refractivity contribution >= 4 is 5.78 Å². The lowest BCUT2D eigenvalue weighted by Crippen LogP contribution is -2.41. The minimum Gasteiger partial charge on any atom is -0.319 e. The van der Waals surface area contributed by atoms with Crippen molar-refractivity contribution < 1.29 is 4.79 Å². The first-order chi connectivity index (χ1) is 4.48. The Kier molecular flexibility index (Phi) is 3.11. The summed E-state index contributed by atoms with van der Waals surface area (Å²) in [4.78, 5) is 11.0. The normalized spacial score (nSPS) is 10.6. The second-order valence-electron chi connectivity index (χ2n) is 2.85. The molecule has 0 aliphatic rings. The predicted molar refractivity (Wildman–Crippen MR) is 41.3 cm³/mol. The number of ketones is 1. The third kappa shape index (κ3) is 3.26. The molecular formula is C8H13NO.